The number of H-pyrrole nitrogens is 1. The summed E-state index contributed by atoms with van der Waals surface area (Å²) in [5, 5.41) is 16.7. The molecule has 2 aromatic carbocycles. The number of aromatic amines is 1. The van der Waals surface area contributed by atoms with Crippen LogP contribution in [0.15, 0.2) is 52.4 Å². The number of hydrogen-bond donors (Lipinski definition) is 3. The first-order chi connectivity index (χ1) is 14.5. The number of anilines is 1. The van der Waals surface area contributed by atoms with Crippen LogP contribution in [-0.4, -0.2) is 21.9 Å². The molecule has 6 nitrogen and oxygen atoms in total. The van der Waals surface area contributed by atoms with Gasteiger partial charge in [-0.25, -0.2) is 4.39 Å². The minimum Gasteiger partial charge on any atom is -0.379 e. The fourth-order valence-electron chi connectivity index (χ4n) is 4.37. The molecule has 3 atom stereocenters. The van der Waals surface area contributed by atoms with Gasteiger partial charge in [-0.15, -0.1) is 4.91 Å². The average molecular weight is 435 g/mol. The maximum absolute atomic E-state index is 14.2. The van der Waals surface area contributed by atoms with Crippen LogP contribution in [0.25, 0.3) is 10.9 Å². The fraction of sp³-hybridized carbons (Fsp3) is 0.286. The Labute approximate surface area is 172 Å². The second kappa shape index (κ2) is 7.16. The summed E-state index contributed by atoms with van der Waals surface area (Å²) < 4.78 is 56.4. The highest BCUT2D eigenvalue weighted by Gasteiger charge is 2.62. The lowest BCUT2D eigenvalue weighted by atomic mass is 9.70. The standard InChI is InChI=1S/C21H17F4N3O3/c1-10-9-20(30,21(23,24)25)19(13-3-2-4-14(28-31)18(10)13)27-16-8-11(22)7-15-12(16)5-6-17(29)26-15/h2-8,10,19,27,30H,9H2,1H3,(H,26,29)/t10?,19?,20-/m1/s1. The summed E-state index contributed by atoms with van der Waals surface area (Å²) in [5.74, 6) is -1.60. The number of nitrogens with one attached hydrogen (secondary N) is 2. The second-order valence-corrected chi connectivity index (χ2v) is 7.71. The van der Waals surface area contributed by atoms with E-state index < -0.39 is 41.5 Å². The Bertz CT molecular complexity index is 1240. The second-order valence-electron chi connectivity index (χ2n) is 7.71. The predicted octanol–water partition coefficient (Wildman–Crippen LogP) is 5.02. The molecule has 0 aliphatic heterocycles. The minimum absolute atomic E-state index is 0.0190. The first-order valence-electron chi connectivity index (χ1n) is 9.39. The van der Waals surface area contributed by atoms with Crippen LogP contribution < -0.4 is 10.9 Å². The van der Waals surface area contributed by atoms with Gasteiger partial charge in [0, 0.05) is 17.1 Å². The van der Waals surface area contributed by atoms with Crippen molar-refractivity contribution < 1.29 is 22.7 Å². The average Bonchev–Trinajstić information content (AvgIpc) is 2.69. The van der Waals surface area contributed by atoms with E-state index in [2.05, 4.69) is 15.5 Å². The van der Waals surface area contributed by atoms with E-state index in [9.17, 15) is 32.4 Å². The van der Waals surface area contributed by atoms with E-state index in [0.717, 1.165) is 18.2 Å². The van der Waals surface area contributed by atoms with E-state index in [0.29, 0.717) is 0 Å². The lowest BCUT2D eigenvalue weighted by Gasteiger charge is -2.45. The molecule has 0 radical (unpaired) electrons. The van der Waals surface area contributed by atoms with Gasteiger partial charge in [0.2, 0.25) is 5.56 Å². The van der Waals surface area contributed by atoms with E-state index in [1.807, 2.05) is 0 Å². The molecule has 0 fully saturated rings. The van der Waals surface area contributed by atoms with Crippen molar-refractivity contribution >= 4 is 22.3 Å². The largest absolute Gasteiger partial charge is 0.419 e. The SMILES string of the molecule is CC1C[C@](O)(C(F)(F)F)C(Nc2cc(F)cc3[nH]c(=O)ccc23)c2cccc(N=O)c21. The molecule has 3 N–H and O–H groups in total. The molecule has 1 aliphatic rings. The van der Waals surface area contributed by atoms with Crippen LogP contribution in [0.1, 0.15) is 36.4 Å². The molecule has 1 heterocycles. The van der Waals surface area contributed by atoms with Crippen LogP contribution in [0.3, 0.4) is 0 Å². The topological polar surface area (TPSA) is 94.6 Å². The number of hydrogen-bond acceptors (Lipinski definition) is 5. The third-order valence-electron chi connectivity index (χ3n) is 5.71. The third-order valence-corrected chi connectivity index (χ3v) is 5.71. The van der Waals surface area contributed by atoms with Crippen molar-refractivity contribution in [3.8, 4) is 0 Å². The van der Waals surface area contributed by atoms with Gasteiger partial charge in [-0.05, 0) is 52.9 Å². The van der Waals surface area contributed by atoms with E-state index in [-0.39, 0.29) is 33.4 Å². The maximum atomic E-state index is 14.2. The molecule has 0 saturated heterocycles. The van der Waals surface area contributed by atoms with Crippen molar-refractivity contribution in [3.05, 3.63) is 74.7 Å². The highest BCUT2D eigenvalue weighted by molar-refractivity contribution is 5.91. The molecular formula is C21H17F4N3O3. The number of alkyl halides is 3. The van der Waals surface area contributed by atoms with Crippen molar-refractivity contribution in [1.82, 2.24) is 4.98 Å². The van der Waals surface area contributed by atoms with E-state index >= 15 is 0 Å². The molecular weight excluding hydrogens is 418 g/mol. The monoisotopic (exact) mass is 435 g/mol. The lowest BCUT2D eigenvalue weighted by Crippen LogP contribution is -2.55. The Hall–Kier alpha value is -3.27. The van der Waals surface area contributed by atoms with E-state index in [1.165, 1.54) is 31.2 Å². The number of nitroso groups, excluding NO2 is 1. The smallest absolute Gasteiger partial charge is 0.379 e. The van der Waals surface area contributed by atoms with Gasteiger partial charge in [0.25, 0.3) is 0 Å². The first-order valence-corrected chi connectivity index (χ1v) is 9.39. The van der Waals surface area contributed by atoms with Crippen molar-refractivity contribution in [2.24, 2.45) is 5.18 Å². The lowest BCUT2D eigenvalue weighted by molar-refractivity contribution is -0.272. The minimum atomic E-state index is -5.03. The zero-order valence-electron chi connectivity index (χ0n) is 16.1. The van der Waals surface area contributed by atoms with Crippen molar-refractivity contribution in [3.63, 3.8) is 0 Å². The van der Waals surface area contributed by atoms with Gasteiger partial charge in [-0.1, -0.05) is 19.1 Å². The van der Waals surface area contributed by atoms with Crippen molar-refractivity contribution in [2.45, 2.75) is 37.1 Å². The Morgan fingerprint density at radius 2 is 1.97 bits per heavy atom. The van der Waals surface area contributed by atoms with Crippen LogP contribution in [0.4, 0.5) is 28.9 Å². The molecule has 31 heavy (non-hydrogen) atoms. The van der Waals surface area contributed by atoms with Crippen LogP contribution >= 0.6 is 0 Å². The number of rotatable bonds is 3. The van der Waals surface area contributed by atoms with Gasteiger partial charge >= 0.3 is 6.18 Å². The maximum Gasteiger partial charge on any atom is 0.419 e. The molecule has 0 saturated carbocycles. The van der Waals surface area contributed by atoms with Gasteiger partial charge < -0.3 is 15.4 Å². The number of aromatic nitrogens is 1. The molecule has 3 aromatic rings. The summed E-state index contributed by atoms with van der Waals surface area (Å²) in [5.41, 5.74) is -3.37. The summed E-state index contributed by atoms with van der Waals surface area (Å²) in [7, 11) is 0. The fourth-order valence-corrected chi connectivity index (χ4v) is 4.37. The van der Waals surface area contributed by atoms with Crippen LogP contribution in [0.2, 0.25) is 0 Å². The van der Waals surface area contributed by atoms with Gasteiger partial charge in [-0.3, -0.25) is 4.79 Å². The number of nitrogens with zero attached hydrogens (tertiary/aromatic N) is 1. The van der Waals surface area contributed by atoms with Gasteiger partial charge in [0.05, 0.1) is 11.6 Å². The molecule has 0 spiro atoms. The molecule has 4 rings (SSSR count). The number of fused-ring (bicyclic) bond motifs is 2. The molecule has 0 amide bonds. The van der Waals surface area contributed by atoms with Crippen molar-refractivity contribution in [2.75, 3.05) is 5.32 Å². The quantitative estimate of drug-likeness (QED) is 0.398. The van der Waals surface area contributed by atoms with E-state index in [4.69, 9.17) is 0 Å². The molecule has 2 unspecified atom stereocenters. The molecule has 162 valence electrons. The highest BCUT2D eigenvalue weighted by Crippen LogP contribution is 2.54. The van der Waals surface area contributed by atoms with Crippen LogP contribution in [0.5, 0.6) is 0 Å². The molecule has 10 heteroatoms. The van der Waals surface area contributed by atoms with Crippen molar-refractivity contribution in [1.29, 1.82) is 0 Å². The summed E-state index contributed by atoms with van der Waals surface area (Å²) >= 11 is 0. The summed E-state index contributed by atoms with van der Waals surface area (Å²) in [6.45, 7) is 1.47. The van der Waals surface area contributed by atoms with Gasteiger partial charge in [0.1, 0.15) is 11.5 Å². The normalized spacial score (nSPS) is 23.4. The van der Waals surface area contributed by atoms with Gasteiger partial charge in [-0.2, -0.15) is 13.2 Å². The zero-order valence-corrected chi connectivity index (χ0v) is 16.1. The number of halogens is 4. The third kappa shape index (κ3) is 3.36. The predicted molar refractivity (Wildman–Crippen MR) is 107 cm³/mol. The Morgan fingerprint density at radius 1 is 1.23 bits per heavy atom. The van der Waals surface area contributed by atoms with Crippen LogP contribution in [0, 0.1) is 10.7 Å². The Balaban J connectivity index is 1.95. The number of benzene rings is 2. The highest BCUT2D eigenvalue weighted by atomic mass is 19.4. The molecule has 1 aromatic heterocycles. The summed E-state index contributed by atoms with van der Waals surface area (Å²) in [4.78, 5) is 25.3. The Kier molecular flexibility index (Phi) is 4.84. The molecule has 1 aliphatic carbocycles. The Morgan fingerprint density at radius 3 is 2.65 bits per heavy atom. The van der Waals surface area contributed by atoms with Crippen LogP contribution in [-0.2, 0) is 0 Å². The zero-order chi connectivity index (χ0) is 22.6. The summed E-state index contributed by atoms with van der Waals surface area (Å²) in [6, 6.07) is 6.92. The van der Waals surface area contributed by atoms with Gasteiger partial charge in [0.15, 0.2) is 5.60 Å². The summed E-state index contributed by atoms with van der Waals surface area (Å²) in [6.07, 6.45) is -5.75. The van der Waals surface area contributed by atoms with E-state index in [1.54, 1.807) is 0 Å². The molecule has 0 bridgehead atoms. The first kappa shape index (κ1) is 21.0. The number of aliphatic hydroxyl groups is 1. The number of pyridine rings is 1.